The Morgan fingerprint density at radius 3 is 2.58 bits per heavy atom. The van der Waals surface area contributed by atoms with Crippen LogP contribution in [-0.2, 0) is 6.54 Å². The fourth-order valence-electron chi connectivity index (χ4n) is 3.32. The van der Waals surface area contributed by atoms with Crippen molar-refractivity contribution in [1.82, 2.24) is 9.88 Å². The molecule has 0 unspecified atom stereocenters. The van der Waals surface area contributed by atoms with Crippen LogP contribution in [0.1, 0.15) is 45.2 Å². The molecule has 3 rings (SSSR count). The van der Waals surface area contributed by atoms with Crippen LogP contribution in [0.2, 0.25) is 0 Å². The summed E-state index contributed by atoms with van der Waals surface area (Å²) in [4.78, 5) is 22.1. The molecule has 0 saturated carbocycles. The molecule has 0 N–H and O–H groups in total. The van der Waals surface area contributed by atoms with E-state index in [0.717, 1.165) is 28.7 Å². The Labute approximate surface area is 148 Å². The summed E-state index contributed by atoms with van der Waals surface area (Å²) in [5, 5.41) is 0.943. The number of rotatable bonds is 4. The van der Waals surface area contributed by atoms with Crippen molar-refractivity contribution in [2.45, 2.75) is 39.7 Å². The number of thiazole rings is 1. The van der Waals surface area contributed by atoms with Gasteiger partial charge < -0.3 is 9.80 Å². The van der Waals surface area contributed by atoms with E-state index in [4.69, 9.17) is 0 Å². The number of nitrogens with zero attached hydrogens (tertiary/aromatic N) is 3. The minimum atomic E-state index is 0.0616. The van der Waals surface area contributed by atoms with Gasteiger partial charge in [-0.3, -0.25) is 4.79 Å². The Hall–Kier alpha value is -1.88. The normalized spacial score (nSPS) is 14.7. The number of para-hydroxylation sites is 1. The number of anilines is 1. The van der Waals surface area contributed by atoms with Crippen molar-refractivity contribution in [2.24, 2.45) is 0 Å². The summed E-state index contributed by atoms with van der Waals surface area (Å²) in [5.74, 6) is 0.0616. The lowest BCUT2D eigenvalue weighted by Gasteiger charge is -2.31. The molecular weight excluding hydrogens is 318 g/mol. The van der Waals surface area contributed by atoms with E-state index in [1.807, 2.05) is 25.8 Å². The highest BCUT2D eigenvalue weighted by molar-refractivity contribution is 7.13. The van der Waals surface area contributed by atoms with Crippen LogP contribution < -0.4 is 4.90 Å². The highest BCUT2D eigenvalue weighted by Gasteiger charge is 2.20. The van der Waals surface area contributed by atoms with Crippen molar-refractivity contribution in [2.75, 3.05) is 25.0 Å². The van der Waals surface area contributed by atoms with Gasteiger partial charge in [0.25, 0.3) is 5.91 Å². The highest BCUT2D eigenvalue weighted by atomic mass is 32.1. The lowest BCUT2D eigenvalue weighted by Crippen LogP contribution is -2.32. The molecule has 1 amide bonds. The highest BCUT2D eigenvalue weighted by Crippen LogP contribution is 2.26. The van der Waals surface area contributed by atoms with E-state index in [-0.39, 0.29) is 5.91 Å². The average Bonchev–Trinajstić information content (AvgIpc) is 2.93. The molecule has 0 spiro atoms. The molecule has 0 bridgehead atoms. The summed E-state index contributed by atoms with van der Waals surface area (Å²) < 4.78 is 0. The maximum atomic E-state index is 12.8. The van der Waals surface area contributed by atoms with Gasteiger partial charge in [-0.1, -0.05) is 18.2 Å². The molecule has 1 aliphatic heterocycles. The zero-order chi connectivity index (χ0) is 17.1. The first kappa shape index (κ1) is 17.0. The fraction of sp³-hybridized carbons (Fsp3) is 0.474. The first-order valence-corrected chi connectivity index (χ1v) is 9.40. The van der Waals surface area contributed by atoms with E-state index in [1.165, 1.54) is 41.9 Å². The first-order chi connectivity index (χ1) is 11.6. The second kappa shape index (κ2) is 7.34. The lowest BCUT2D eigenvalue weighted by atomic mass is 10.1. The topological polar surface area (TPSA) is 36.4 Å². The summed E-state index contributed by atoms with van der Waals surface area (Å²) in [6, 6.07) is 8.47. The molecule has 4 nitrogen and oxygen atoms in total. The van der Waals surface area contributed by atoms with E-state index < -0.39 is 0 Å². The van der Waals surface area contributed by atoms with E-state index >= 15 is 0 Å². The predicted molar refractivity (Wildman–Crippen MR) is 99.9 cm³/mol. The molecule has 2 heterocycles. The van der Waals surface area contributed by atoms with Crippen LogP contribution in [0.25, 0.3) is 0 Å². The quantitative estimate of drug-likeness (QED) is 0.841. The number of carbonyl (C=O) groups excluding carboxylic acids is 1. The predicted octanol–water partition coefficient (Wildman–Crippen LogP) is 4.02. The molecule has 1 fully saturated rings. The largest absolute Gasteiger partial charge is 0.371 e. The SMILES string of the molecule is Cc1nc(C)c(C(=O)N(C)Cc2ccccc2N2CCCCC2)s1. The number of hydrogen-bond donors (Lipinski definition) is 0. The van der Waals surface area contributed by atoms with Crippen LogP contribution in [0, 0.1) is 13.8 Å². The molecule has 5 heteroatoms. The van der Waals surface area contributed by atoms with E-state index in [1.54, 1.807) is 0 Å². The third-order valence-corrected chi connectivity index (χ3v) is 5.60. The summed E-state index contributed by atoms with van der Waals surface area (Å²) in [6.45, 7) is 6.71. The van der Waals surface area contributed by atoms with Crippen LogP contribution in [0.5, 0.6) is 0 Å². The van der Waals surface area contributed by atoms with Crippen LogP contribution in [-0.4, -0.2) is 35.9 Å². The van der Waals surface area contributed by atoms with Gasteiger partial charge in [0.2, 0.25) is 0 Å². The number of hydrogen-bond acceptors (Lipinski definition) is 4. The molecule has 1 aromatic carbocycles. The Kier molecular flexibility index (Phi) is 5.19. The van der Waals surface area contributed by atoms with E-state index in [2.05, 4.69) is 34.1 Å². The zero-order valence-electron chi connectivity index (χ0n) is 14.7. The van der Waals surface area contributed by atoms with Gasteiger partial charge in [-0.25, -0.2) is 4.98 Å². The van der Waals surface area contributed by atoms with Crippen molar-refractivity contribution < 1.29 is 4.79 Å². The van der Waals surface area contributed by atoms with Gasteiger partial charge >= 0.3 is 0 Å². The summed E-state index contributed by atoms with van der Waals surface area (Å²) in [6.07, 6.45) is 3.83. The van der Waals surface area contributed by atoms with Gasteiger partial charge in [0.1, 0.15) is 4.88 Å². The van der Waals surface area contributed by atoms with E-state index in [0.29, 0.717) is 6.54 Å². The molecule has 2 aromatic rings. The molecule has 0 aliphatic carbocycles. The van der Waals surface area contributed by atoms with Crippen LogP contribution in [0.3, 0.4) is 0 Å². The van der Waals surface area contributed by atoms with Gasteiger partial charge in [-0.2, -0.15) is 0 Å². The lowest BCUT2D eigenvalue weighted by molar-refractivity contribution is 0.0789. The van der Waals surface area contributed by atoms with Crippen molar-refractivity contribution in [3.8, 4) is 0 Å². The molecule has 0 radical (unpaired) electrons. The van der Waals surface area contributed by atoms with Crippen molar-refractivity contribution >= 4 is 22.9 Å². The van der Waals surface area contributed by atoms with Gasteiger partial charge in [0.05, 0.1) is 10.7 Å². The first-order valence-electron chi connectivity index (χ1n) is 8.58. The van der Waals surface area contributed by atoms with E-state index in [9.17, 15) is 4.79 Å². The van der Waals surface area contributed by atoms with Crippen LogP contribution in [0.4, 0.5) is 5.69 Å². The molecule has 0 atom stereocenters. The molecule has 1 aromatic heterocycles. The number of aromatic nitrogens is 1. The number of aryl methyl sites for hydroxylation is 2. The monoisotopic (exact) mass is 343 g/mol. The van der Waals surface area contributed by atoms with Gasteiger partial charge in [-0.15, -0.1) is 11.3 Å². The average molecular weight is 343 g/mol. The number of benzene rings is 1. The van der Waals surface area contributed by atoms with Gasteiger partial charge in [0, 0.05) is 32.4 Å². The minimum absolute atomic E-state index is 0.0616. The zero-order valence-corrected chi connectivity index (χ0v) is 15.5. The molecular formula is C19H25N3OS. The fourth-order valence-corrected chi connectivity index (χ4v) is 4.23. The summed E-state index contributed by atoms with van der Waals surface area (Å²) in [7, 11) is 1.88. The third-order valence-electron chi connectivity index (χ3n) is 4.54. The van der Waals surface area contributed by atoms with Gasteiger partial charge in [0.15, 0.2) is 0 Å². The van der Waals surface area contributed by atoms with Crippen molar-refractivity contribution in [1.29, 1.82) is 0 Å². The third kappa shape index (κ3) is 3.61. The number of piperidine rings is 1. The Bertz CT molecular complexity index is 719. The van der Waals surface area contributed by atoms with Crippen molar-refractivity contribution in [3.63, 3.8) is 0 Å². The van der Waals surface area contributed by atoms with Crippen LogP contribution in [0.15, 0.2) is 24.3 Å². The molecule has 1 aliphatic rings. The van der Waals surface area contributed by atoms with Crippen LogP contribution >= 0.6 is 11.3 Å². The van der Waals surface area contributed by atoms with Gasteiger partial charge in [-0.05, 0) is 44.7 Å². The molecule has 128 valence electrons. The second-order valence-corrected chi connectivity index (χ2v) is 7.69. The minimum Gasteiger partial charge on any atom is -0.371 e. The smallest absolute Gasteiger partial charge is 0.265 e. The maximum Gasteiger partial charge on any atom is 0.265 e. The Morgan fingerprint density at radius 2 is 1.92 bits per heavy atom. The standard InChI is InChI=1S/C19H25N3OS/c1-14-18(24-15(2)20-14)19(23)21(3)13-16-9-5-6-10-17(16)22-11-7-4-8-12-22/h5-6,9-10H,4,7-8,11-13H2,1-3H3. The summed E-state index contributed by atoms with van der Waals surface area (Å²) >= 11 is 1.48. The number of amides is 1. The summed E-state index contributed by atoms with van der Waals surface area (Å²) in [5.41, 5.74) is 3.32. The molecule has 24 heavy (non-hydrogen) atoms. The number of carbonyl (C=O) groups is 1. The van der Waals surface area contributed by atoms with Crippen molar-refractivity contribution in [3.05, 3.63) is 45.4 Å². The maximum absolute atomic E-state index is 12.8. The Balaban J connectivity index is 1.78. The second-order valence-electron chi connectivity index (χ2n) is 6.49. The Morgan fingerprint density at radius 1 is 1.21 bits per heavy atom. The molecule has 1 saturated heterocycles.